The normalized spacial score (nSPS) is 25.4. The molecule has 3 aromatic heterocycles. The molecule has 0 aromatic carbocycles. The molecule has 0 bridgehead atoms. The van der Waals surface area contributed by atoms with Crippen LogP contribution < -0.4 is 10.6 Å². The van der Waals surface area contributed by atoms with Crippen molar-refractivity contribution in [2.75, 3.05) is 0 Å². The van der Waals surface area contributed by atoms with Crippen molar-refractivity contribution in [3.8, 4) is 0 Å². The first-order valence-electron chi connectivity index (χ1n) is 13.5. The Labute approximate surface area is 234 Å². The first kappa shape index (κ1) is 28.2. The molecule has 3 fully saturated rings. The Kier molecular flexibility index (Phi) is 6.57. The summed E-state index contributed by atoms with van der Waals surface area (Å²) in [5.74, 6) is -5.65. The first-order valence-corrected chi connectivity index (χ1v) is 13.5. The van der Waals surface area contributed by atoms with Crippen molar-refractivity contribution in [1.29, 1.82) is 0 Å². The van der Waals surface area contributed by atoms with E-state index < -0.39 is 59.5 Å². The standard InChI is InChI=1S/C26H26F5N7O4/c1-24(9-16(26(29,30)31)34-23(24)41)21(39)14-8-17-33-15(11-38(17)32-10-14)18(13-4-6-25(27,28)7-5-13)35-22(40)20-19(12-2-3-12)36-42-37-20/h8,10-13,16,18H,2-7,9H2,1H3,(H,34,41)(H,35,40)/t16-,18-,24+/m0/s1. The SMILES string of the molecule is C[C@]1(C(=O)c2cnn3cc([C@@H](NC(=O)c4nonc4C4CC4)C4CCC(F)(F)CC4)nc3c2)C[C@@H](C(F)(F)F)NC1=O. The third-order valence-corrected chi connectivity index (χ3v) is 8.45. The van der Waals surface area contributed by atoms with Crippen LogP contribution in [0.2, 0.25) is 0 Å². The lowest BCUT2D eigenvalue weighted by molar-refractivity contribution is -0.155. The van der Waals surface area contributed by atoms with E-state index in [1.807, 2.05) is 5.32 Å². The molecule has 16 heteroatoms. The van der Waals surface area contributed by atoms with Gasteiger partial charge < -0.3 is 10.6 Å². The summed E-state index contributed by atoms with van der Waals surface area (Å²) in [6.45, 7) is 1.15. The highest BCUT2D eigenvalue weighted by Gasteiger charge is 2.56. The largest absolute Gasteiger partial charge is 0.408 e. The van der Waals surface area contributed by atoms with E-state index in [4.69, 9.17) is 4.63 Å². The molecule has 3 aliphatic rings. The van der Waals surface area contributed by atoms with Gasteiger partial charge in [0, 0.05) is 24.3 Å². The Morgan fingerprint density at radius 3 is 2.52 bits per heavy atom. The Hall–Kier alpha value is -3.98. The van der Waals surface area contributed by atoms with E-state index >= 15 is 0 Å². The van der Waals surface area contributed by atoms with Gasteiger partial charge in [0.05, 0.1) is 24.1 Å². The van der Waals surface area contributed by atoms with E-state index in [0.717, 1.165) is 26.0 Å². The van der Waals surface area contributed by atoms with Crippen LogP contribution in [-0.4, -0.2) is 60.6 Å². The molecule has 3 aromatic rings. The summed E-state index contributed by atoms with van der Waals surface area (Å²) >= 11 is 0. The Morgan fingerprint density at radius 1 is 1.17 bits per heavy atom. The maximum Gasteiger partial charge on any atom is 0.408 e. The van der Waals surface area contributed by atoms with E-state index in [0.29, 0.717) is 5.69 Å². The number of imidazole rings is 1. The fourth-order valence-corrected chi connectivity index (χ4v) is 5.77. The van der Waals surface area contributed by atoms with E-state index in [1.165, 1.54) is 16.8 Å². The van der Waals surface area contributed by atoms with Gasteiger partial charge in [0.15, 0.2) is 17.1 Å². The quantitative estimate of drug-likeness (QED) is 0.238. The van der Waals surface area contributed by atoms with Crippen molar-refractivity contribution in [1.82, 2.24) is 35.5 Å². The molecular formula is C26H26F5N7O4. The minimum absolute atomic E-state index is 0.0126. The minimum Gasteiger partial charge on any atom is -0.344 e. The van der Waals surface area contributed by atoms with Gasteiger partial charge in [0.25, 0.3) is 5.91 Å². The van der Waals surface area contributed by atoms with Crippen molar-refractivity contribution in [2.24, 2.45) is 11.3 Å². The zero-order valence-electron chi connectivity index (χ0n) is 22.3. The number of carbonyl (C=O) groups excluding carboxylic acids is 3. The lowest BCUT2D eigenvalue weighted by Gasteiger charge is -2.33. The number of alkyl halides is 5. The van der Waals surface area contributed by atoms with Gasteiger partial charge >= 0.3 is 6.18 Å². The molecule has 224 valence electrons. The van der Waals surface area contributed by atoms with E-state index in [-0.39, 0.29) is 54.2 Å². The van der Waals surface area contributed by atoms with Crippen molar-refractivity contribution >= 4 is 23.2 Å². The summed E-state index contributed by atoms with van der Waals surface area (Å²) in [5.41, 5.74) is -1.25. The fraction of sp³-hybridized carbons (Fsp3) is 0.577. The van der Waals surface area contributed by atoms with E-state index in [1.54, 1.807) is 0 Å². The number of rotatable bonds is 7. The molecule has 0 unspecified atom stereocenters. The van der Waals surface area contributed by atoms with Crippen LogP contribution in [0.15, 0.2) is 23.1 Å². The smallest absolute Gasteiger partial charge is 0.344 e. The molecule has 11 nitrogen and oxygen atoms in total. The monoisotopic (exact) mass is 595 g/mol. The third-order valence-electron chi connectivity index (χ3n) is 8.45. The van der Waals surface area contributed by atoms with E-state index in [2.05, 4.69) is 25.7 Å². The van der Waals surface area contributed by atoms with Gasteiger partial charge in [0.1, 0.15) is 17.2 Å². The topological polar surface area (TPSA) is 144 Å². The first-order chi connectivity index (χ1) is 19.7. The number of carbonyl (C=O) groups is 3. The molecule has 2 aliphatic carbocycles. The summed E-state index contributed by atoms with van der Waals surface area (Å²) < 4.78 is 73.7. The van der Waals surface area contributed by atoms with Crippen molar-refractivity contribution in [2.45, 2.75) is 82.0 Å². The van der Waals surface area contributed by atoms with Gasteiger partial charge in [-0.2, -0.15) is 18.3 Å². The van der Waals surface area contributed by atoms with Crippen LogP contribution in [0.25, 0.3) is 5.65 Å². The number of Topliss-reactive ketones (excluding diaryl/α,β-unsaturated/α-hetero) is 1. The third kappa shape index (κ3) is 5.11. The van der Waals surface area contributed by atoms with Crippen LogP contribution >= 0.6 is 0 Å². The number of amides is 2. The van der Waals surface area contributed by atoms with Crippen LogP contribution in [0.1, 0.15) is 96.1 Å². The highest BCUT2D eigenvalue weighted by Crippen LogP contribution is 2.43. The summed E-state index contributed by atoms with van der Waals surface area (Å²) in [6.07, 6.45) is -1.73. The molecular weight excluding hydrogens is 569 g/mol. The van der Waals surface area contributed by atoms with Crippen LogP contribution in [0.3, 0.4) is 0 Å². The molecule has 6 rings (SSSR count). The van der Waals surface area contributed by atoms with Crippen molar-refractivity contribution < 1.29 is 41.0 Å². The van der Waals surface area contributed by atoms with Crippen molar-refractivity contribution in [3.63, 3.8) is 0 Å². The predicted molar refractivity (Wildman–Crippen MR) is 131 cm³/mol. The van der Waals surface area contributed by atoms with Gasteiger partial charge in [-0.05, 0) is 56.2 Å². The van der Waals surface area contributed by atoms with Crippen LogP contribution in [0, 0.1) is 11.3 Å². The minimum atomic E-state index is -4.71. The number of aromatic nitrogens is 5. The average Bonchev–Trinajstić information content (AvgIpc) is 3.35. The van der Waals surface area contributed by atoms with Crippen LogP contribution in [-0.2, 0) is 4.79 Å². The molecule has 0 spiro atoms. The summed E-state index contributed by atoms with van der Waals surface area (Å²) in [4.78, 5) is 43.4. The summed E-state index contributed by atoms with van der Waals surface area (Å²) in [6, 6.07) is -1.69. The van der Waals surface area contributed by atoms with Gasteiger partial charge in [-0.15, -0.1) is 0 Å². The zero-order valence-corrected chi connectivity index (χ0v) is 22.3. The fourth-order valence-electron chi connectivity index (χ4n) is 5.77. The number of ketones is 1. The van der Waals surface area contributed by atoms with Gasteiger partial charge in [-0.3, -0.25) is 14.4 Å². The highest BCUT2D eigenvalue weighted by molar-refractivity contribution is 6.14. The Balaban J connectivity index is 1.29. The summed E-state index contributed by atoms with van der Waals surface area (Å²) in [7, 11) is 0. The molecule has 2 amide bonds. The second kappa shape index (κ2) is 9.80. The summed E-state index contributed by atoms with van der Waals surface area (Å²) in [5, 5.41) is 16.4. The lowest BCUT2D eigenvalue weighted by Crippen LogP contribution is -2.39. The maximum atomic E-state index is 14.0. The number of halogens is 5. The molecule has 0 radical (unpaired) electrons. The number of nitrogens with zero attached hydrogens (tertiary/aromatic N) is 5. The highest BCUT2D eigenvalue weighted by atomic mass is 19.4. The number of hydrogen-bond donors (Lipinski definition) is 2. The number of fused-ring (bicyclic) bond motifs is 1. The number of nitrogens with one attached hydrogen (secondary N) is 2. The predicted octanol–water partition coefficient (Wildman–Crippen LogP) is 3.93. The molecule has 1 aliphatic heterocycles. The molecule has 2 saturated carbocycles. The second-order valence-electron chi connectivity index (χ2n) is 11.6. The Morgan fingerprint density at radius 2 is 1.88 bits per heavy atom. The van der Waals surface area contributed by atoms with Crippen molar-refractivity contribution in [3.05, 3.63) is 41.1 Å². The molecule has 3 atom stereocenters. The average molecular weight is 596 g/mol. The molecule has 1 saturated heterocycles. The number of hydrogen-bond acceptors (Lipinski definition) is 8. The van der Waals surface area contributed by atoms with E-state index in [9.17, 15) is 36.3 Å². The van der Waals surface area contributed by atoms with Gasteiger partial charge in [-0.25, -0.2) is 22.9 Å². The maximum absolute atomic E-state index is 14.0. The van der Waals surface area contributed by atoms with Gasteiger partial charge in [0.2, 0.25) is 11.8 Å². The Bertz CT molecular complexity index is 1560. The molecule has 4 heterocycles. The lowest BCUT2D eigenvalue weighted by atomic mass is 9.80. The zero-order chi connectivity index (χ0) is 30.0. The van der Waals surface area contributed by atoms with Crippen LogP contribution in [0.4, 0.5) is 22.0 Å². The molecule has 42 heavy (non-hydrogen) atoms. The second-order valence-corrected chi connectivity index (χ2v) is 11.6. The van der Waals surface area contributed by atoms with Crippen LogP contribution in [0.5, 0.6) is 0 Å². The van der Waals surface area contributed by atoms with Gasteiger partial charge in [-0.1, -0.05) is 5.16 Å². The molecule has 2 N–H and O–H groups in total.